The summed E-state index contributed by atoms with van der Waals surface area (Å²) in [6, 6.07) is 11.5. The zero-order valence-corrected chi connectivity index (χ0v) is 13.7. The summed E-state index contributed by atoms with van der Waals surface area (Å²) in [5, 5.41) is 5.20. The Labute approximate surface area is 132 Å². The highest BCUT2D eigenvalue weighted by Gasteiger charge is 2.23. The molecular weight excluding hydrogens is 354 g/mol. The van der Waals surface area contributed by atoms with Gasteiger partial charge in [0.2, 0.25) is 0 Å². The summed E-state index contributed by atoms with van der Waals surface area (Å²) >= 11 is 3.43. The maximum Gasteiger partial charge on any atom is 0.301 e. The van der Waals surface area contributed by atoms with Gasteiger partial charge in [-0.05, 0) is 35.0 Å². The van der Waals surface area contributed by atoms with Gasteiger partial charge >= 0.3 is 10.2 Å². The van der Waals surface area contributed by atoms with Gasteiger partial charge in [-0.25, -0.2) is 0 Å². The molecule has 0 amide bonds. The number of piperazine rings is 1. The highest BCUT2D eigenvalue weighted by molar-refractivity contribution is 9.10. The molecule has 1 saturated heterocycles. The van der Waals surface area contributed by atoms with E-state index >= 15 is 0 Å². The summed E-state index contributed by atoms with van der Waals surface area (Å²) in [7, 11) is -3.48. The molecule has 2 aromatic rings. The minimum Gasteiger partial charge on any atom is -0.314 e. The molecule has 0 unspecified atom stereocenters. The standard InChI is InChI=1S/C14H16BrN3O2S/c15-13-3-1-12-10-14(4-2-11(12)9-13)17-21(19,20)18-7-5-16-6-8-18/h1-4,9-10,16-17H,5-8H2. The van der Waals surface area contributed by atoms with E-state index in [1.54, 1.807) is 6.07 Å². The van der Waals surface area contributed by atoms with Crippen LogP contribution in [0, 0.1) is 0 Å². The molecule has 2 aromatic carbocycles. The second kappa shape index (κ2) is 5.92. The van der Waals surface area contributed by atoms with Crippen LogP contribution in [0.25, 0.3) is 10.8 Å². The molecule has 1 aliphatic heterocycles. The molecule has 0 aromatic heterocycles. The van der Waals surface area contributed by atoms with Crippen molar-refractivity contribution < 1.29 is 8.42 Å². The van der Waals surface area contributed by atoms with E-state index in [9.17, 15) is 8.42 Å². The molecule has 2 N–H and O–H groups in total. The van der Waals surface area contributed by atoms with Crippen LogP contribution < -0.4 is 10.0 Å². The van der Waals surface area contributed by atoms with E-state index in [1.807, 2.05) is 30.3 Å². The molecule has 1 aliphatic rings. The van der Waals surface area contributed by atoms with Gasteiger partial charge < -0.3 is 5.32 Å². The minimum absolute atomic E-state index is 0.496. The number of anilines is 1. The zero-order valence-electron chi connectivity index (χ0n) is 11.3. The largest absolute Gasteiger partial charge is 0.314 e. The molecule has 7 heteroatoms. The number of halogens is 1. The fraction of sp³-hybridized carbons (Fsp3) is 0.286. The molecule has 0 spiro atoms. The van der Waals surface area contributed by atoms with Gasteiger partial charge in [0.1, 0.15) is 0 Å². The van der Waals surface area contributed by atoms with E-state index in [-0.39, 0.29) is 0 Å². The second-order valence-corrected chi connectivity index (χ2v) is 7.55. The van der Waals surface area contributed by atoms with Gasteiger partial charge in [-0.2, -0.15) is 12.7 Å². The second-order valence-electron chi connectivity index (χ2n) is 4.96. The van der Waals surface area contributed by atoms with Crippen molar-refractivity contribution in [1.82, 2.24) is 9.62 Å². The summed E-state index contributed by atoms with van der Waals surface area (Å²) in [4.78, 5) is 0. The molecule has 1 fully saturated rings. The zero-order chi connectivity index (χ0) is 14.9. The molecule has 3 rings (SSSR count). The summed E-state index contributed by atoms with van der Waals surface area (Å²) < 4.78 is 29.8. The molecule has 1 heterocycles. The molecule has 112 valence electrons. The summed E-state index contributed by atoms with van der Waals surface area (Å²) in [6.07, 6.45) is 0. The fourth-order valence-electron chi connectivity index (χ4n) is 2.38. The summed E-state index contributed by atoms with van der Waals surface area (Å²) in [5.74, 6) is 0. The molecular formula is C14H16BrN3O2S. The number of benzene rings is 2. The van der Waals surface area contributed by atoms with Gasteiger partial charge in [-0.3, -0.25) is 4.72 Å². The smallest absolute Gasteiger partial charge is 0.301 e. The van der Waals surface area contributed by atoms with Gasteiger partial charge in [-0.15, -0.1) is 0 Å². The lowest BCUT2D eigenvalue weighted by atomic mass is 10.1. The van der Waals surface area contributed by atoms with Crippen LogP contribution >= 0.6 is 15.9 Å². The first kappa shape index (κ1) is 14.8. The van der Waals surface area contributed by atoms with Crippen molar-refractivity contribution in [2.75, 3.05) is 30.9 Å². The Kier molecular flexibility index (Phi) is 4.17. The Bertz CT molecular complexity index is 758. The van der Waals surface area contributed by atoms with Gasteiger partial charge in [0.15, 0.2) is 0 Å². The van der Waals surface area contributed by atoms with E-state index in [2.05, 4.69) is 26.0 Å². The number of hydrogen-bond acceptors (Lipinski definition) is 3. The topological polar surface area (TPSA) is 61.4 Å². The predicted octanol–water partition coefficient (Wildman–Crippen LogP) is 2.16. The van der Waals surface area contributed by atoms with Crippen LogP contribution in [0.4, 0.5) is 5.69 Å². The molecule has 0 aliphatic carbocycles. The first-order chi connectivity index (χ1) is 10.0. The van der Waals surface area contributed by atoms with Crippen molar-refractivity contribution in [2.24, 2.45) is 0 Å². The molecule has 0 atom stereocenters. The van der Waals surface area contributed by atoms with E-state index < -0.39 is 10.2 Å². The average molecular weight is 370 g/mol. The predicted molar refractivity (Wildman–Crippen MR) is 88.6 cm³/mol. The summed E-state index contributed by atoms with van der Waals surface area (Å²) in [5.41, 5.74) is 0.586. The highest BCUT2D eigenvalue weighted by Crippen LogP contribution is 2.23. The van der Waals surface area contributed by atoms with E-state index in [4.69, 9.17) is 0 Å². The normalized spacial score (nSPS) is 17.0. The van der Waals surface area contributed by atoms with Crippen LogP contribution in [-0.4, -0.2) is 38.9 Å². The van der Waals surface area contributed by atoms with Crippen LogP contribution in [0.15, 0.2) is 40.9 Å². The average Bonchev–Trinajstić information content (AvgIpc) is 2.48. The third-order valence-corrected chi connectivity index (χ3v) is 5.50. The maximum atomic E-state index is 12.3. The van der Waals surface area contributed by atoms with Gasteiger partial charge in [0, 0.05) is 30.7 Å². The Morgan fingerprint density at radius 2 is 1.71 bits per heavy atom. The number of rotatable bonds is 3. The quantitative estimate of drug-likeness (QED) is 0.871. The number of nitrogens with one attached hydrogen (secondary N) is 2. The van der Waals surface area contributed by atoms with Crippen LogP contribution in [0.2, 0.25) is 0 Å². The van der Waals surface area contributed by atoms with Crippen LogP contribution in [0.3, 0.4) is 0 Å². The van der Waals surface area contributed by atoms with E-state index in [1.165, 1.54) is 4.31 Å². The van der Waals surface area contributed by atoms with Crippen LogP contribution in [0.1, 0.15) is 0 Å². The van der Waals surface area contributed by atoms with Crippen LogP contribution in [0.5, 0.6) is 0 Å². The third kappa shape index (κ3) is 3.37. The number of hydrogen-bond donors (Lipinski definition) is 2. The maximum absolute atomic E-state index is 12.3. The van der Waals surface area contributed by atoms with Gasteiger partial charge in [0.05, 0.1) is 5.69 Å². The van der Waals surface area contributed by atoms with Crippen molar-refractivity contribution in [3.05, 3.63) is 40.9 Å². The monoisotopic (exact) mass is 369 g/mol. The molecule has 0 saturated carbocycles. The SMILES string of the molecule is O=S(=O)(Nc1ccc2cc(Br)ccc2c1)N1CCNCC1. The molecule has 21 heavy (non-hydrogen) atoms. The van der Waals surface area contributed by atoms with Crippen molar-refractivity contribution in [3.8, 4) is 0 Å². The first-order valence-electron chi connectivity index (χ1n) is 6.72. The van der Waals surface area contributed by atoms with Crippen molar-refractivity contribution >= 4 is 42.6 Å². The molecule has 0 bridgehead atoms. The summed E-state index contributed by atoms with van der Waals surface area (Å²) in [6.45, 7) is 2.37. The number of nitrogens with zero attached hydrogens (tertiary/aromatic N) is 1. The van der Waals surface area contributed by atoms with E-state index in [0.717, 1.165) is 15.2 Å². The van der Waals surface area contributed by atoms with Crippen LogP contribution in [-0.2, 0) is 10.2 Å². The lowest BCUT2D eigenvalue weighted by molar-refractivity contribution is 0.362. The van der Waals surface area contributed by atoms with Crippen molar-refractivity contribution in [1.29, 1.82) is 0 Å². The Morgan fingerprint density at radius 1 is 1.05 bits per heavy atom. The Morgan fingerprint density at radius 3 is 2.48 bits per heavy atom. The van der Waals surface area contributed by atoms with E-state index in [0.29, 0.717) is 31.9 Å². The van der Waals surface area contributed by atoms with Crippen molar-refractivity contribution in [3.63, 3.8) is 0 Å². The fourth-order valence-corrected chi connectivity index (χ4v) is 3.97. The highest BCUT2D eigenvalue weighted by atomic mass is 79.9. The lowest BCUT2D eigenvalue weighted by Gasteiger charge is -2.26. The molecule has 0 radical (unpaired) electrons. The molecule has 5 nitrogen and oxygen atoms in total. The van der Waals surface area contributed by atoms with Crippen molar-refractivity contribution in [2.45, 2.75) is 0 Å². The Balaban J connectivity index is 1.85. The Hall–Kier alpha value is -1.15. The first-order valence-corrected chi connectivity index (χ1v) is 8.96. The minimum atomic E-state index is -3.48. The van der Waals surface area contributed by atoms with Gasteiger partial charge in [0.25, 0.3) is 0 Å². The number of fused-ring (bicyclic) bond motifs is 1. The third-order valence-electron chi connectivity index (χ3n) is 3.46. The van der Waals surface area contributed by atoms with Gasteiger partial charge in [-0.1, -0.05) is 28.1 Å². The lowest BCUT2D eigenvalue weighted by Crippen LogP contribution is -2.48.